The van der Waals surface area contributed by atoms with Crippen LogP contribution in [0.5, 0.6) is 0 Å². The van der Waals surface area contributed by atoms with E-state index in [9.17, 15) is 4.79 Å². The van der Waals surface area contributed by atoms with Crippen LogP contribution in [-0.4, -0.2) is 54.7 Å². The van der Waals surface area contributed by atoms with Gasteiger partial charge in [-0.1, -0.05) is 0 Å². The first-order valence-electron chi connectivity index (χ1n) is 9.03. The van der Waals surface area contributed by atoms with Gasteiger partial charge in [0.25, 0.3) is 0 Å². The monoisotopic (exact) mass is 381 g/mol. The Kier molecular flexibility index (Phi) is 6.01. The fraction of sp³-hybridized carbons (Fsp3) is 0.421. The summed E-state index contributed by atoms with van der Waals surface area (Å²) in [5.41, 5.74) is 2.65. The Bertz CT molecular complexity index is 888. The molecule has 146 valence electrons. The number of ether oxygens (including phenoxy) is 1. The van der Waals surface area contributed by atoms with E-state index < -0.39 is 0 Å². The van der Waals surface area contributed by atoms with Gasteiger partial charge in [0.2, 0.25) is 12.4 Å². The van der Waals surface area contributed by atoms with E-state index >= 15 is 0 Å². The smallest absolute Gasteiger partial charge is 0.229 e. The maximum absolute atomic E-state index is 11.9. The van der Waals surface area contributed by atoms with E-state index in [-0.39, 0.29) is 6.04 Å². The number of amides is 1. The van der Waals surface area contributed by atoms with Crippen LogP contribution in [0.3, 0.4) is 0 Å². The number of anilines is 4. The summed E-state index contributed by atoms with van der Waals surface area (Å²) < 4.78 is 5.41. The minimum Gasteiger partial charge on any atom is -0.381 e. The maximum Gasteiger partial charge on any atom is 0.229 e. The fourth-order valence-electron chi connectivity index (χ4n) is 3.07. The van der Waals surface area contributed by atoms with Crippen LogP contribution < -0.4 is 15.1 Å². The molecule has 0 aliphatic carbocycles. The Morgan fingerprint density at radius 2 is 2.04 bits per heavy atom. The van der Waals surface area contributed by atoms with Gasteiger partial charge < -0.3 is 15.0 Å². The number of hydrogen-bond donors (Lipinski definition) is 1. The number of aromatic nitrogens is 3. The van der Waals surface area contributed by atoms with Crippen molar-refractivity contribution in [3.05, 3.63) is 29.7 Å². The van der Waals surface area contributed by atoms with Gasteiger partial charge in [-0.25, -0.2) is 9.97 Å². The third-order valence-corrected chi connectivity index (χ3v) is 4.65. The molecule has 3 heterocycles. The number of pyridine rings is 1. The molecule has 0 radical (unpaired) electrons. The molecule has 3 rings (SSSR count). The Morgan fingerprint density at radius 3 is 2.64 bits per heavy atom. The molecule has 0 atom stereocenters. The first-order chi connectivity index (χ1) is 13.5. The molecule has 9 nitrogen and oxygen atoms in total. The van der Waals surface area contributed by atoms with Gasteiger partial charge in [-0.2, -0.15) is 10.2 Å². The first kappa shape index (κ1) is 19.5. The normalized spacial score (nSPS) is 14.2. The van der Waals surface area contributed by atoms with E-state index in [1.807, 2.05) is 32.0 Å². The molecule has 1 amide bonds. The van der Waals surface area contributed by atoms with Gasteiger partial charge in [0.15, 0.2) is 5.82 Å². The second kappa shape index (κ2) is 8.63. The number of aryl methyl sites for hydroxylation is 1. The number of nitriles is 1. The number of carbonyl (C=O) groups is 1. The van der Waals surface area contributed by atoms with Crippen LogP contribution in [0.4, 0.5) is 23.1 Å². The summed E-state index contributed by atoms with van der Waals surface area (Å²) in [4.78, 5) is 28.5. The molecular formula is C19H23N7O2. The topological polar surface area (TPSA) is 107 Å². The molecule has 28 heavy (non-hydrogen) atoms. The lowest BCUT2D eigenvalue weighted by Gasteiger charge is -2.32. The highest BCUT2D eigenvalue weighted by molar-refractivity contribution is 5.82. The molecule has 1 aliphatic rings. The second-order valence-corrected chi connectivity index (χ2v) is 6.77. The van der Waals surface area contributed by atoms with Crippen molar-refractivity contribution >= 4 is 29.6 Å². The van der Waals surface area contributed by atoms with E-state index in [0.29, 0.717) is 36.4 Å². The van der Waals surface area contributed by atoms with Gasteiger partial charge in [-0.3, -0.25) is 9.69 Å². The number of hydrogen-bond acceptors (Lipinski definition) is 8. The molecule has 0 bridgehead atoms. The summed E-state index contributed by atoms with van der Waals surface area (Å²) in [6.45, 7) is 3.12. The van der Waals surface area contributed by atoms with Crippen molar-refractivity contribution in [2.75, 3.05) is 42.4 Å². The molecule has 0 saturated carbocycles. The fourth-order valence-corrected chi connectivity index (χ4v) is 3.07. The van der Waals surface area contributed by atoms with Crippen LogP contribution in [-0.2, 0) is 9.53 Å². The summed E-state index contributed by atoms with van der Waals surface area (Å²) in [6, 6.07) is 3.74. The van der Waals surface area contributed by atoms with E-state index in [0.717, 1.165) is 30.5 Å². The molecule has 0 aromatic carbocycles. The minimum absolute atomic E-state index is 0.0333. The number of rotatable bonds is 6. The lowest BCUT2D eigenvalue weighted by molar-refractivity contribution is -0.108. The van der Waals surface area contributed by atoms with E-state index in [2.05, 4.69) is 20.3 Å². The largest absolute Gasteiger partial charge is 0.381 e. The molecule has 0 unspecified atom stereocenters. The van der Waals surface area contributed by atoms with E-state index in [1.54, 1.807) is 23.4 Å². The van der Waals surface area contributed by atoms with Gasteiger partial charge >= 0.3 is 0 Å². The van der Waals surface area contributed by atoms with Crippen LogP contribution in [0.25, 0.3) is 0 Å². The van der Waals surface area contributed by atoms with E-state index in [1.165, 1.54) is 0 Å². The summed E-state index contributed by atoms with van der Waals surface area (Å²) in [6.07, 6.45) is 5.61. The van der Waals surface area contributed by atoms with Gasteiger partial charge in [-0.15, -0.1) is 0 Å². The molecule has 1 N–H and O–H groups in total. The average Bonchev–Trinajstić information content (AvgIpc) is 2.71. The van der Waals surface area contributed by atoms with Crippen molar-refractivity contribution in [2.45, 2.75) is 25.8 Å². The highest BCUT2D eigenvalue weighted by Gasteiger charge is 2.26. The molecule has 2 aromatic rings. The lowest BCUT2D eigenvalue weighted by atomic mass is 10.1. The van der Waals surface area contributed by atoms with Crippen LogP contribution in [0.2, 0.25) is 0 Å². The van der Waals surface area contributed by atoms with Crippen molar-refractivity contribution < 1.29 is 9.53 Å². The molecule has 1 saturated heterocycles. The summed E-state index contributed by atoms with van der Waals surface area (Å²) in [5, 5.41) is 12.1. The molecule has 9 heteroatoms. The van der Waals surface area contributed by atoms with Gasteiger partial charge in [-0.05, 0) is 31.4 Å². The van der Waals surface area contributed by atoms with Crippen molar-refractivity contribution in [1.82, 2.24) is 15.0 Å². The predicted molar refractivity (Wildman–Crippen MR) is 106 cm³/mol. The highest BCUT2D eigenvalue weighted by atomic mass is 16.5. The Balaban J connectivity index is 1.95. The van der Waals surface area contributed by atoms with Crippen molar-refractivity contribution in [3.8, 4) is 6.07 Å². The molecule has 1 aliphatic heterocycles. The van der Waals surface area contributed by atoms with Crippen LogP contribution in [0.15, 0.2) is 18.5 Å². The number of nitrogens with zero attached hydrogens (tertiary/aromatic N) is 6. The van der Waals surface area contributed by atoms with Gasteiger partial charge in [0.1, 0.15) is 11.8 Å². The lowest BCUT2D eigenvalue weighted by Crippen LogP contribution is -2.40. The van der Waals surface area contributed by atoms with Crippen molar-refractivity contribution in [2.24, 2.45) is 0 Å². The molecule has 1 fully saturated rings. The predicted octanol–water partition coefficient (Wildman–Crippen LogP) is 2.00. The highest BCUT2D eigenvalue weighted by Crippen LogP contribution is 2.30. The number of carbonyl (C=O) groups excluding carboxylic acids is 1. The molecular weight excluding hydrogens is 358 g/mol. The maximum atomic E-state index is 11.9. The third-order valence-electron chi connectivity index (χ3n) is 4.65. The third kappa shape index (κ3) is 4.18. The van der Waals surface area contributed by atoms with Crippen LogP contribution in [0.1, 0.15) is 24.1 Å². The van der Waals surface area contributed by atoms with Crippen LogP contribution >= 0.6 is 0 Å². The van der Waals surface area contributed by atoms with Gasteiger partial charge in [0.05, 0.1) is 23.8 Å². The molecule has 2 aromatic heterocycles. The minimum atomic E-state index is 0.0333. The zero-order valence-electron chi connectivity index (χ0n) is 16.2. The second-order valence-electron chi connectivity index (χ2n) is 6.77. The Labute approximate surface area is 164 Å². The van der Waals surface area contributed by atoms with Crippen molar-refractivity contribution in [1.29, 1.82) is 5.26 Å². The zero-order chi connectivity index (χ0) is 20.1. The summed E-state index contributed by atoms with van der Waals surface area (Å²) in [5.74, 6) is 0.901. The zero-order valence-corrected chi connectivity index (χ0v) is 16.2. The number of nitrogens with one attached hydrogen (secondary N) is 1. The molecule has 0 spiro atoms. The standard InChI is InChI=1S/C19H23N7O2/c1-13-8-14(9-20)21-10-16(13)23-19-22-11-17(25(2)3)18(24-19)26(12-27)15-4-6-28-7-5-15/h8,10-12,15H,4-7H2,1-3H3,(H,22,23,24). The summed E-state index contributed by atoms with van der Waals surface area (Å²) in [7, 11) is 3.77. The average molecular weight is 381 g/mol. The van der Waals surface area contributed by atoms with Crippen molar-refractivity contribution in [3.63, 3.8) is 0 Å². The van der Waals surface area contributed by atoms with Gasteiger partial charge in [0, 0.05) is 33.4 Å². The first-order valence-corrected chi connectivity index (χ1v) is 9.03. The quantitative estimate of drug-likeness (QED) is 0.757. The van der Waals surface area contributed by atoms with E-state index in [4.69, 9.17) is 10.00 Å². The Hall–Kier alpha value is -3.25. The SMILES string of the molecule is Cc1cc(C#N)ncc1Nc1ncc(N(C)C)c(N(C=O)C2CCOCC2)n1. The Morgan fingerprint density at radius 1 is 1.29 bits per heavy atom. The van der Waals surface area contributed by atoms with Crippen LogP contribution in [0, 0.1) is 18.3 Å². The summed E-state index contributed by atoms with van der Waals surface area (Å²) >= 11 is 0.